The normalized spacial score (nSPS) is 13.9. The van der Waals surface area contributed by atoms with E-state index >= 15 is 0 Å². The number of benzene rings is 2. The summed E-state index contributed by atoms with van der Waals surface area (Å²) in [5.41, 5.74) is 3.16. The van der Waals surface area contributed by atoms with Crippen LogP contribution in [0.2, 0.25) is 0 Å². The molecule has 0 atom stereocenters. The molecule has 1 saturated heterocycles. The van der Waals surface area contributed by atoms with Crippen LogP contribution in [-0.2, 0) is 4.79 Å². The number of thioether (sulfide) groups is 1. The maximum absolute atomic E-state index is 12.3. The fourth-order valence-corrected chi connectivity index (χ4v) is 4.11. The molecule has 3 aromatic rings. The van der Waals surface area contributed by atoms with Gasteiger partial charge in [0.05, 0.1) is 5.75 Å². The van der Waals surface area contributed by atoms with Gasteiger partial charge < -0.3 is 15.1 Å². The summed E-state index contributed by atoms with van der Waals surface area (Å²) in [6, 6.07) is 20.2. The summed E-state index contributed by atoms with van der Waals surface area (Å²) in [4.78, 5) is 25.8. The molecular formula is C23H25N5OS. The average molecular weight is 420 g/mol. The van der Waals surface area contributed by atoms with Crippen LogP contribution >= 0.6 is 11.8 Å². The molecule has 6 nitrogen and oxygen atoms in total. The van der Waals surface area contributed by atoms with Crippen molar-refractivity contribution < 1.29 is 4.79 Å². The number of carbonyl (C=O) groups is 1. The Morgan fingerprint density at radius 3 is 2.43 bits per heavy atom. The summed E-state index contributed by atoms with van der Waals surface area (Å²) >= 11 is 1.43. The van der Waals surface area contributed by atoms with Crippen LogP contribution in [0.25, 0.3) is 0 Å². The van der Waals surface area contributed by atoms with Gasteiger partial charge in [0.15, 0.2) is 0 Å². The van der Waals surface area contributed by atoms with Crippen LogP contribution in [-0.4, -0.2) is 47.8 Å². The lowest BCUT2D eigenvalue weighted by Crippen LogP contribution is -2.46. The molecule has 0 aliphatic carbocycles. The number of nitrogens with one attached hydrogen (secondary N) is 1. The average Bonchev–Trinajstić information content (AvgIpc) is 2.80. The van der Waals surface area contributed by atoms with E-state index in [1.807, 2.05) is 43.3 Å². The van der Waals surface area contributed by atoms with E-state index in [1.165, 1.54) is 17.4 Å². The number of amides is 1. The number of carbonyl (C=O) groups excluding carboxylic acids is 1. The highest BCUT2D eigenvalue weighted by atomic mass is 32.2. The Kier molecular flexibility index (Phi) is 6.49. The largest absolute Gasteiger partial charge is 0.368 e. The number of aromatic nitrogens is 2. The lowest BCUT2D eigenvalue weighted by molar-refractivity contribution is -0.113. The topological polar surface area (TPSA) is 61.4 Å². The predicted molar refractivity (Wildman–Crippen MR) is 123 cm³/mol. The van der Waals surface area contributed by atoms with Gasteiger partial charge in [0.25, 0.3) is 0 Å². The van der Waals surface area contributed by atoms with Gasteiger partial charge in [-0.05, 0) is 30.7 Å². The third kappa shape index (κ3) is 5.10. The van der Waals surface area contributed by atoms with Gasteiger partial charge in [0.1, 0.15) is 17.2 Å². The van der Waals surface area contributed by atoms with Crippen LogP contribution in [0.3, 0.4) is 0 Å². The Hall–Kier alpha value is -3.06. The molecule has 0 saturated carbocycles. The summed E-state index contributed by atoms with van der Waals surface area (Å²) in [7, 11) is 0. The molecule has 0 spiro atoms. The molecule has 7 heteroatoms. The molecule has 2 aromatic carbocycles. The van der Waals surface area contributed by atoms with Crippen molar-refractivity contribution >= 4 is 34.9 Å². The van der Waals surface area contributed by atoms with Crippen molar-refractivity contribution in [3.63, 3.8) is 0 Å². The minimum absolute atomic E-state index is 0.0362. The standard InChI is InChI=1S/C23H25N5OS/c1-18-7-5-6-10-20(18)26-22(29)16-30-23-15-21(24-17-25-23)28-13-11-27(12-14-28)19-8-3-2-4-9-19/h2-10,15,17H,11-14,16H2,1H3,(H,26,29). The zero-order valence-corrected chi connectivity index (χ0v) is 17.8. The molecule has 154 valence electrons. The van der Waals surface area contributed by atoms with Crippen molar-refractivity contribution in [3.05, 3.63) is 72.6 Å². The molecule has 1 amide bonds. The van der Waals surface area contributed by atoms with E-state index in [-0.39, 0.29) is 5.91 Å². The number of aryl methyl sites for hydroxylation is 1. The minimum Gasteiger partial charge on any atom is -0.368 e. The third-order valence-corrected chi connectivity index (χ3v) is 6.05. The highest BCUT2D eigenvalue weighted by molar-refractivity contribution is 7.99. The zero-order chi connectivity index (χ0) is 20.8. The molecule has 1 fully saturated rings. The summed E-state index contributed by atoms with van der Waals surface area (Å²) in [5.74, 6) is 1.19. The van der Waals surface area contributed by atoms with Gasteiger partial charge in [0, 0.05) is 43.6 Å². The van der Waals surface area contributed by atoms with E-state index in [2.05, 4.69) is 49.4 Å². The molecule has 4 rings (SSSR count). The molecular weight excluding hydrogens is 394 g/mol. The molecule has 1 aliphatic rings. The van der Waals surface area contributed by atoms with Gasteiger partial charge in [-0.2, -0.15) is 0 Å². The maximum atomic E-state index is 12.3. The Bertz CT molecular complexity index is 990. The second-order valence-electron chi connectivity index (χ2n) is 7.18. The van der Waals surface area contributed by atoms with Crippen LogP contribution in [0.15, 0.2) is 72.0 Å². The highest BCUT2D eigenvalue weighted by Gasteiger charge is 2.19. The van der Waals surface area contributed by atoms with E-state index in [0.717, 1.165) is 48.3 Å². The Balaban J connectivity index is 1.31. The smallest absolute Gasteiger partial charge is 0.234 e. The molecule has 0 bridgehead atoms. The summed E-state index contributed by atoms with van der Waals surface area (Å²) in [6.45, 7) is 5.70. The summed E-state index contributed by atoms with van der Waals surface area (Å²) in [6.07, 6.45) is 1.58. The first-order chi connectivity index (χ1) is 14.7. The van der Waals surface area contributed by atoms with Gasteiger partial charge in [-0.3, -0.25) is 4.79 Å². The van der Waals surface area contributed by atoms with E-state index in [9.17, 15) is 4.79 Å². The van der Waals surface area contributed by atoms with Gasteiger partial charge in [-0.15, -0.1) is 0 Å². The van der Waals surface area contributed by atoms with Crippen LogP contribution in [0.1, 0.15) is 5.56 Å². The van der Waals surface area contributed by atoms with Crippen LogP contribution < -0.4 is 15.1 Å². The SMILES string of the molecule is Cc1ccccc1NC(=O)CSc1cc(N2CCN(c3ccccc3)CC2)ncn1. The van der Waals surface area contributed by atoms with Gasteiger partial charge in [-0.25, -0.2) is 9.97 Å². The van der Waals surface area contributed by atoms with Crippen molar-refractivity contribution in [3.8, 4) is 0 Å². The fourth-order valence-electron chi connectivity index (χ4n) is 3.45. The lowest BCUT2D eigenvalue weighted by Gasteiger charge is -2.36. The highest BCUT2D eigenvalue weighted by Crippen LogP contribution is 2.23. The minimum atomic E-state index is -0.0362. The van der Waals surface area contributed by atoms with Crippen molar-refractivity contribution in [1.82, 2.24) is 9.97 Å². The van der Waals surface area contributed by atoms with Crippen molar-refractivity contribution in [2.45, 2.75) is 11.9 Å². The van der Waals surface area contributed by atoms with E-state index in [4.69, 9.17) is 0 Å². The third-order valence-electron chi connectivity index (χ3n) is 5.12. The van der Waals surface area contributed by atoms with E-state index < -0.39 is 0 Å². The number of para-hydroxylation sites is 2. The van der Waals surface area contributed by atoms with Gasteiger partial charge >= 0.3 is 0 Å². The number of rotatable bonds is 6. The molecule has 1 aromatic heterocycles. The van der Waals surface area contributed by atoms with E-state index in [0.29, 0.717) is 5.75 Å². The molecule has 1 aliphatic heterocycles. The number of hydrogen-bond acceptors (Lipinski definition) is 6. The first-order valence-corrected chi connectivity index (χ1v) is 11.0. The lowest BCUT2D eigenvalue weighted by atomic mass is 10.2. The molecule has 0 unspecified atom stereocenters. The monoisotopic (exact) mass is 419 g/mol. The van der Waals surface area contributed by atoms with E-state index in [1.54, 1.807) is 6.33 Å². The first-order valence-electron chi connectivity index (χ1n) is 10.0. The number of piperazine rings is 1. The molecule has 30 heavy (non-hydrogen) atoms. The van der Waals surface area contributed by atoms with Gasteiger partial charge in [-0.1, -0.05) is 48.2 Å². The van der Waals surface area contributed by atoms with Gasteiger partial charge in [0.2, 0.25) is 5.91 Å². The van der Waals surface area contributed by atoms with Crippen LogP contribution in [0, 0.1) is 6.92 Å². The second kappa shape index (κ2) is 9.63. The number of hydrogen-bond donors (Lipinski definition) is 1. The zero-order valence-electron chi connectivity index (χ0n) is 17.0. The second-order valence-corrected chi connectivity index (χ2v) is 8.17. The van der Waals surface area contributed by atoms with Crippen LogP contribution in [0.5, 0.6) is 0 Å². The summed E-state index contributed by atoms with van der Waals surface area (Å²) < 4.78 is 0. The Morgan fingerprint density at radius 1 is 0.967 bits per heavy atom. The summed E-state index contributed by atoms with van der Waals surface area (Å²) in [5, 5.41) is 3.77. The Labute approximate surface area is 181 Å². The molecule has 0 radical (unpaired) electrons. The predicted octanol–water partition coefficient (Wildman–Crippen LogP) is 3.84. The number of anilines is 3. The maximum Gasteiger partial charge on any atom is 0.234 e. The van der Waals surface area contributed by atoms with Crippen molar-refractivity contribution in [1.29, 1.82) is 0 Å². The van der Waals surface area contributed by atoms with Crippen molar-refractivity contribution in [2.75, 3.05) is 47.0 Å². The van der Waals surface area contributed by atoms with Crippen LogP contribution in [0.4, 0.5) is 17.2 Å². The Morgan fingerprint density at radius 2 is 1.67 bits per heavy atom. The molecule has 1 N–H and O–H groups in total. The fraction of sp³-hybridized carbons (Fsp3) is 0.261. The van der Waals surface area contributed by atoms with Crippen molar-refractivity contribution in [2.24, 2.45) is 0 Å². The number of nitrogens with zero attached hydrogens (tertiary/aromatic N) is 4. The molecule has 2 heterocycles. The first kappa shape index (κ1) is 20.2. The quantitative estimate of drug-likeness (QED) is 0.484.